The van der Waals surface area contributed by atoms with Gasteiger partial charge in [0.15, 0.2) is 11.5 Å². The van der Waals surface area contributed by atoms with Gasteiger partial charge in [-0.15, -0.1) is 0 Å². The van der Waals surface area contributed by atoms with E-state index in [4.69, 9.17) is 9.47 Å². The normalized spacial score (nSPS) is 24.6. The highest BCUT2D eigenvalue weighted by Gasteiger charge is 2.35. The predicted octanol–water partition coefficient (Wildman–Crippen LogP) is 1.69. The van der Waals surface area contributed by atoms with Gasteiger partial charge in [0.25, 0.3) is 0 Å². The molecule has 18 heavy (non-hydrogen) atoms. The lowest BCUT2D eigenvalue weighted by Gasteiger charge is -2.19. The molecule has 3 aliphatic heterocycles. The molecule has 1 aromatic carbocycles. The van der Waals surface area contributed by atoms with Crippen LogP contribution in [0.25, 0.3) is 0 Å². The lowest BCUT2D eigenvalue weighted by atomic mass is 9.92. The smallest absolute Gasteiger partial charge is 0.165 e. The molecule has 3 aliphatic rings. The Morgan fingerprint density at radius 3 is 2.61 bits per heavy atom. The second-order valence-electron chi connectivity index (χ2n) is 5.22. The van der Waals surface area contributed by atoms with Crippen LogP contribution in [-0.4, -0.2) is 24.9 Å². The number of hydrogen-bond acceptors (Lipinski definition) is 4. The van der Waals surface area contributed by atoms with Crippen molar-refractivity contribution in [3.8, 4) is 17.2 Å². The third-order valence-corrected chi connectivity index (χ3v) is 4.22. The van der Waals surface area contributed by atoms with Crippen LogP contribution in [0.1, 0.15) is 35.6 Å². The third kappa shape index (κ3) is 1.29. The molecule has 0 spiro atoms. The number of nitrogens with one attached hydrogen (secondary N) is 1. The van der Waals surface area contributed by atoms with Crippen molar-refractivity contribution in [2.24, 2.45) is 0 Å². The standard InChI is InChI=1S/C14H17NO3/c16-12-9-4-7-17-13(9)11(10-2-1-5-15-10)8-3-6-18-14(8)12/h10,15-16H,1-7H2. The van der Waals surface area contributed by atoms with Crippen molar-refractivity contribution in [2.75, 3.05) is 19.8 Å². The molecule has 1 aromatic rings. The molecule has 4 heteroatoms. The fraction of sp³-hybridized carbons (Fsp3) is 0.571. The maximum Gasteiger partial charge on any atom is 0.165 e. The fourth-order valence-corrected chi connectivity index (χ4v) is 3.42. The Hall–Kier alpha value is -1.42. The largest absolute Gasteiger partial charge is 0.504 e. The fourth-order valence-electron chi connectivity index (χ4n) is 3.42. The van der Waals surface area contributed by atoms with Crippen molar-refractivity contribution in [1.29, 1.82) is 0 Å². The van der Waals surface area contributed by atoms with Gasteiger partial charge in [0, 0.05) is 35.6 Å². The second kappa shape index (κ2) is 3.79. The molecule has 96 valence electrons. The van der Waals surface area contributed by atoms with E-state index < -0.39 is 0 Å². The van der Waals surface area contributed by atoms with Crippen molar-refractivity contribution in [1.82, 2.24) is 5.32 Å². The van der Waals surface area contributed by atoms with Crippen LogP contribution in [-0.2, 0) is 12.8 Å². The summed E-state index contributed by atoms with van der Waals surface area (Å²) in [6.07, 6.45) is 4.02. The minimum atomic E-state index is 0.316. The zero-order valence-electron chi connectivity index (χ0n) is 10.3. The van der Waals surface area contributed by atoms with Crippen molar-refractivity contribution >= 4 is 0 Å². The number of fused-ring (bicyclic) bond motifs is 2. The van der Waals surface area contributed by atoms with Crippen LogP contribution < -0.4 is 14.8 Å². The summed E-state index contributed by atoms with van der Waals surface area (Å²) in [6, 6.07) is 0.368. The topological polar surface area (TPSA) is 50.7 Å². The first-order valence-corrected chi connectivity index (χ1v) is 6.76. The zero-order chi connectivity index (χ0) is 12.1. The van der Waals surface area contributed by atoms with Crippen molar-refractivity contribution in [3.63, 3.8) is 0 Å². The van der Waals surface area contributed by atoms with Crippen molar-refractivity contribution in [3.05, 3.63) is 16.7 Å². The van der Waals surface area contributed by atoms with Crippen LogP contribution in [0.15, 0.2) is 0 Å². The van der Waals surface area contributed by atoms with E-state index in [1.54, 1.807) is 0 Å². The van der Waals surface area contributed by atoms with Gasteiger partial charge in [0.05, 0.1) is 13.2 Å². The number of phenolic OH excluding ortho intramolecular Hbond substituents is 1. The average molecular weight is 247 g/mol. The third-order valence-electron chi connectivity index (χ3n) is 4.22. The number of ether oxygens (including phenoxy) is 2. The summed E-state index contributed by atoms with van der Waals surface area (Å²) >= 11 is 0. The van der Waals surface area contributed by atoms with Gasteiger partial charge in [0.1, 0.15) is 5.75 Å². The van der Waals surface area contributed by atoms with Crippen LogP contribution in [0, 0.1) is 0 Å². The number of hydrogen-bond donors (Lipinski definition) is 2. The van der Waals surface area contributed by atoms with E-state index in [1.165, 1.54) is 12.0 Å². The van der Waals surface area contributed by atoms with Crippen molar-refractivity contribution in [2.45, 2.75) is 31.7 Å². The quantitative estimate of drug-likeness (QED) is 0.793. The molecule has 4 rings (SSSR count). The highest BCUT2D eigenvalue weighted by Crippen LogP contribution is 2.51. The van der Waals surface area contributed by atoms with Gasteiger partial charge in [-0.3, -0.25) is 0 Å². The van der Waals surface area contributed by atoms with Gasteiger partial charge >= 0.3 is 0 Å². The summed E-state index contributed by atoms with van der Waals surface area (Å²) in [5, 5.41) is 13.8. The summed E-state index contributed by atoms with van der Waals surface area (Å²) in [7, 11) is 0. The first-order valence-electron chi connectivity index (χ1n) is 6.76. The molecule has 1 atom stereocenters. The molecule has 1 saturated heterocycles. The molecule has 0 bridgehead atoms. The molecule has 3 heterocycles. The summed E-state index contributed by atoms with van der Waals surface area (Å²) in [5.41, 5.74) is 3.36. The van der Waals surface area contributed by atoms with Crippen LogP contribution in [0.4, 0.5) is 0 Å². The van der Waals surface area contributed by atoms with Gasteiger partial charge in [0.2, 0.25) is 0 Å². The summed E-state index contributed by atoms with van der Waals surface area (Å²) < 4.78 is 11.4. The van der Waals surface area contributed by atoms with E-state index in [1.807, 2.05) is 0 Å². The van der Waals surface area contributed by atoms with E-state index in [0.29, 0.717) is 30.8 Å². The Balaban J connectivity index is 1.95. The molecule has 2 N–H and O–H groups in total. The molecule has 0 amide bonds. The molecule has 0 aromatic heterocycles. The SMILES string of the molecule is Oc1c2c(c(C3CCCN3)c3c1OCC3)OCC2. The molecule has 0 radical (unpaired) electrons. The second-order valence-corrected chi connectivity index (χ2v) is 5.22. The molecule has 0 saturated carbocycles. The molecule has 0 aliphatic carbocycles. The molecule has 1 fully saturated rings. The van der Waals surface area contributed by atoms with Gasteiger partial charge in [-0.2, -0.15) is 0 Å². The maximum atomic E-state index is 10.3. The van der Waals surface area contributed by atoms with E-state index >= 15 is 0 Å². The first kappa shape index (κ1) is 10.5. The lowest BCUT2D eigenvalue weighted by Crippen LogP contribution is -2.15. The maximum absolute atomic E-state index is 10.3. The number of phenols is 1. The first-order chi connectivity index (χ1) is 8.86. The van der Waals surface area contributed by atoms with Crippen LogP contribution >= 0.6 is 0 Å². The highest BCUT2D eigenvalue weighted by atomic mass is 16.5. The van der Waals surface area contributed by atoms with Gasteiger partial charge < -0.3 is 19.9 Å². The number of benzene rings is 1. The lowest BCUT2D eigenvalue weighted by molar-refractivity contribution is 0.333. The van der Waals surface area contributed by atoms with Crippen LogP contribution in [0.3, 0.4) is 0 Å². The van der Waals surface area contributed by atoms with E-state index in [-0.39, 0.29) is 0 Å². The van der Waals surface area contributed by atoms with E-state index in [9.17, 15) is 5.11 Å². The zero-order valence-corrected chi connectivity index (χ0v) is 10.3. The Kier molecular flexibility index (Phi) is 2.21. The Morgan fingerprint density at radius 1 is 1.06 bits per heavy atom. The summed E-state index contributed by atoms with van der Waals surface area (Å²) in [6.45, 7) is 2.41. The highest BCUT2D eigenvalue weighted by molar-refractivity contribution is 5.65. The van der Waals surface area contributed by atoms with Crippen LogP contribution in [0.5, 0.6) is 17.2 Å². The van der Waals surface area contributed by atoms with E-state index in [0.717, 1.165) is 42.7 Å². The van der Waals surface area contributed by atoms with Gasteiger partial charge in [-0.1, -0.05) is 0 Å². The molecule has 1 unspecified atom stereocenters. The minimum absolute atomic E-state index is 0.316. The van der Waals surface area contributed by atoms with Crippen LogP contribution in [0.2, 0.25) is 0 Å². The van der Waals surface area contributed by atoms with Gasteiger partial charge in [-0.05, 0) is 19.4 Å². The van der Waals surface area contributed by atoms with Gasteiger partial charge in [-0.25, -0.2) is 0 Å². The molecular weight excluding hydrogens is 230 g/mol. The molecular formula is C14H17NO3. The Morgan fingerprint density at radius 2 is 1.83 bits per heavy atom. The summed E-state index contributed by atoms with van der Waals surface area (Å²) in [4.78, 5) is 0. The average Bonchev–Trinajstić information content (AvgIpc) is 3.11. The number of aromatic hydroxyl groups is 1. The minimum Gasteiger partial charge on any atom is -0.504 e. The van der Waals surface area contributed by atoms with E-state index in [2.05, 4.69) is 5.32 Å². The Labute approximate surface area is 106 Å². The Bertz CT molecular complexity index is 471. The monoisotopic (exact) mass is 247 g/mol. The summed E-state index contributed by atoms with van der Waals surface area (Å²) in [5.74, 6) is 1.95. The van der Waals surface area contributed by atoms with Crippen molar-refractivity contribution < 1.29 is 14.6 Å². The number of rotatable bonds is 1. The predicted molar refractivity (Wildman–Crippen MR) is 66.5 cm³/mol. The molecule has 4 nitrogen and oxygen atoms in total.